The Hall–Kier alpha value is -3.47. The van der Waals surface area contributed by atoms with Crippen molar-refractivity contribution in [2.45, 2.75) is 82.3 Å². The molecule has 1 aliphatic heterocycles. The van der Waals surface area contributed by atoms with Crippen molar-refractivity contribution in [2.75, 3.05) is 22.7 Å². The molecule has 42 heavy (non-hydrogen) atoms. The lowest BCUT2D eigenvalue weighted by Crippen LogP contribution is -2.28. The Morgan fingerprint density at radius 2 is 1.74 bits per heavy atom. The van der Waals surface area contributed by atoms with E-state index in [1.807, 2.05) is 0 Å². The lowest BCUT2D eigenvalue weighted by atomic mass is 9.96. The number of halogens is 3. The van der Waals surface area contributed by atoms with Crippen molar-refractivity contribution in [3.8, 4) is 11.3 Å². The fourth-order valence-corrected chi connectivity index (χ4v) is 5.57. The van der Waals surface area contributed by atoms with Gasteiger partial charge < -0.3 is 9.69 Å². The summed E-state index contributed by atoms with van der Waals surface area (Å²) in [5.74, 6) is -0.564. The molecule has 2 aromatic heterocycles. The second kappa shape index (κ2) is 14.1. The van der Waals surface area contributed by atoms with Gasteiger partial charge in [0.25, 0.3) is 10.0 Å². The number of alkyl halides is 3. The molecule has 1 N–H and O–H groups in total. The Kier molecular flexibility index (Phi) is 8.81. The van der Waals surface area contributed by atoms with Gasteiger partial charge in [-0.25, -0.2) is 9.97 Å². The molecule has 0 amide bonds. The summed E-state index contributed by atoms with van der Waals surface area (Å²) in [4.78, 5) is 21.5. The quantitative estimate of drug-likeness (QED) is 0.332. The molecule has 0 saturated heterocycles. The third kappa shape index (κ3) is 8.53. The number of pyridine rings is 2. The van der Waals surface area contributed by atoms with E-state index in [0.29, 0.717) is 19.3 Å². The topological polar surface area (TPSA) is 92.3 Å². The van der Waals surface area contributed by atoms with E-state index < -0.39 is 64.0 Å². The number of carbonyl (C=O) groups excluding carboxylic acids is 1. The number of rotatable bonds is 4. The number of nitrogens with one attached hydrogen (secondary N) is 1. The smallest absolute Gasteiger partial charge is 0.357 e. The summed E-state index contributed by atoms with van der Waals surface area (Å²) in [6.07, 6.45) is -4.39. The van der Waals surface area contributed by atoms with Gasteiger partial charge in [-0.3, -0.25) is 4.72 Å². The first-order valence-electron chi connectivity index (χ1n) is 16.1. The molecule has 3 aromatic rings. The number of hydrogen-bond acceptors (Lipinski definition) is 6. The van der Waals surface area contributed by atoms with Gasteiger partial charge in [-0.05, 0) is 62.4 Å². The number of benzene rings is 1. The van der Waals surface area contributed by atoms with Crippen molar-refractivity contribution >= 4 is 27.4 Å². The Balaban J connectivity index is 1.82. The van der Waals surface area contributed by atoms with E-state index in [1.165, 1.54) is 48.2 Å². The van der Waals surface area contributed by atoms with Crippen LogP contribution in [-0.2, 0) is 27.4 Å². The van der Waals surface area contributed by atoms with Crippen molar-refractivity contribution in [2.24, 2.45) is 0 Å². The van der Waals surface area contributed by atoms with E-state index >= 15 is 0 Å². The summed E-state index contributed by atoms with van der Waals surface area (Å²) in [6, 6.07) is 11.7. The van der Waals surface area contributed by atoms with E-state index in [1.54, 1.807) is 6.07 Å². The number of aryl methyl sites for hydroxylation is 1. The van der Waals surface area contributed by atoms with Gasteiger partial charge in [0.2, 0.25) is 0 Å². The van der Waals surface area contributed by atoms with Crippen molar-refractivity contribution in [1.82, 2.24) is 9.97 Å². The van der Waals surface area contributed by atoms with Crippen LogP contribution in [0.1, 0.15) is 81.3 Å². The van der Waals surface area contributed by atoms with Crippen LogP contribution in [0.5, 0.6) is 0 Å². The largest absolute Gasteiger partial charge is 0.418 e. The predicted molar refractivity (Wildman–Crippen MR) is 158 cm³/mol. The fourth-order valence-electron chi connectivity index (χ4n) is 4.61. The molecular weight excluding hydrogens is 565 g/mol. The molecule has 0 radical (unpaired) electrons. The van der Waals surface area contributed by atoms with Gasteiger partial charge >= 0.3 is 6.18 Å². The summed E-state index contributed by atoms with van der Waals surface area (Å²) < 4.78 is 106. The number of sulfonamides is 1. The highest BCUT2D eigenvalue weighted by Crippen LogP contribution is 2.38. The minimum absolute atomic E-state index is 0.0183. The van der Waals surface area contributed by atoms with Crippen LogP contribution in [0.25, 0.3) is 11.3 Å². The number of ketones is 1. The maximum absolute atomic E-state index is 14.2. The maximum atomic E-state index is 14.2. The van der Waals surface area contributed by atoms with Crippen LogP contribution in [0, 0.1) is 0 Å². The molecule has 1 aliphatic rings. The summed E-state index contributed by atoms with van der Waals surface area (Å²) in [7, 11) is -4.50. The molecule has 0 aliphatic carbocycles. The van der Waals surface area contributed by atoms with Crippen LogP contribution in [0.2, 0.25) is 0 Å². The standard InChI is InChI=1S/C31H37F3N4O3S/c1-23(39)13-12-22-38-21-10-6-4-2-3-5-7-14-24-15-8-9-16-25(24)30-26(31(32,33)34)19-20-27(35-30)37-42(40,41)29-18-11-17-28(38)36-29/h8-9,11,15-20H,2-7,10,12-14,21-22H2,1H3,(H,35,37)/i7D,12D,14D,22D. The normalized spacial score (nSPS) is 23.0. The summed E-state index contributed by atoms with van der Waals surface area (Å²) in [5, 5.41) is -0.475. The summed E-state index contributed by atoms with van der Waals surface area (Å²) in [6.45, 7) is 0.373. The van der Waals surface area contributed by atoms with Crippen LogP contribution in [0.3, 0.4) is 0 Å². The highest BCUT2D eigenvalue weighted by atomic mass is 32.2. The second-order valence-electron chi connectivity index (χ2n) is 10.1. The van der Waals surface area contributed by atoms with Gasteiger partial charge in [-0.2, -0.15) is 21.6 Å². The van der Waals surface area contributed by atoms with E-state index in [0.717, 1.165) is 31.4 Å². The average molecular weight is 607 g/mol. The van der Waals surface area contributed by atoms with Crippen molar-refractivity contribution in [3.05, 3.63) is 65.7 Å². The van der Waals surface area contributed by atoms with Crippen molar-refractivity contribution < 1.29 is 31.9 Å². The van der Waals surface area contributed by atoms with E-state index in [2.05, 4.69) is 14.7 Å². The molecule has 4 bridgehead atoms. The number of hydrogen-bond donors (Lipinski definition) is 1. The zero-order chi connectivity index (χ0) is 33.6. The number of Topliss-reactive ketones (excluding diaryl/α,β-unsaturated/α-hetero) is 1. The fraction of sp³-hybridized carbons (Fsp3) is 0.452. The number of carbonyl (C=O) groups is 1. The molecule has 4 atom stereocenters. The van der Waals surface area contributed by atoms with E-state index in [9.17, 15) is 26.4 Å². The van der Waals surface area contributed by atoms with Crippen LogP contribution in [-0.4, -0.2) is 37.2 Å². The molecule has 226 valence electrons. The first-order valence-corrected chi connectivity index (χ1v) is 15.3. The highest BCUT2D eigenvalue weighted by molar-refractivity contribution is 7.92. The summed E-state index contributed by atoms with van der Waals surface area (Å²) in [5.41, 5.74) is -1.52. The minimum Gasteiger partial charge on any atom is -0.357 e. The SMILES string of the molecule is [2H]C1CCCCCCCN(C([2H])C([2H])CC(C)=O)c2cccc(n2)S(=O)(=O)Nc2ccc(C(F)(F)F)c(n2)-c2ccccc2C1[2H]. The molecule has 1 aromatic carbocycles. The van der Waals surface area contributed by atoms with Gasteiger partial charge in [-0.1, -0.05) is 62.4 Å². The Morgan fingerprint density at radius 1 is 1.00 bits per heavy atom. The first-order chi connectivity index (χ1) is 21.7. The molecule has 7 nitrogen and oxygen atoms in total. The molecule has 0 fully saturated rings. The monoisotopic (exact) mass is 606 g/mol. The molecule has 3 heterocycles. The highest BCUT2D eigenvalue weighted by Gasteiger charge is 2.35. The number of fused-ring (bicyclic) bond motifs is 6. The molecule has 0 saturated carbocycles. The number of nitrogens with zero attached hydrogens (tertiary/aromatic N) is 3. The predicted octanol–water partition coefficient (Wildman–Crippen LogP) is 7.43. The van der Waals surface area contributed by atoms with Crippen LogP contribution >= 0.6 is 0 Å². The molecule has 11 heteroatoms. The van der Waals surface area contributed by atoms with E-state index in [4.69, 9.17) is 5.48 Å². The van der Waals surface area contributed by atoms with Gasteiger partial charge in [-0.15, -0.1) is 0 Å². The molecule has 4 rings (SSSR count). The lowest BCUT2D eigenvalue weighted by Gasteiger charge is -2.24. The Labute approximate surface area is 251 Å². The lowest BCUT2D eigenvalue weighted by molar-refractivity contribution is -0.137. The van der Waals surface area contributed by atoms with Crippen molar-refractivity contribution in [1.29, 1.82) is 0 Å². The zero-order valence-electron chi connectivity index (χ0n) is 27.3. The maximum Gasteiger partial charge on any atom is 0.418 e. The molecule has 4 unspecified atom stereocenters. The number of aromatic nitrogens is 2. The average Bonchev–Trinajstić information content (AvgIpc) is 3.00. The van der Waals surface area contributed by atoms with Crippen molar-refractivity contribution in [3.63, 3.8) is 0 Å². The zero-order valence-corrected chi connectivity index (χ0v) is 24.1. The Morgan fingerprint density at radius 3 is 2.50 bits per heavy atom. The number of anilines is 2. The van der Waals surface area contributed by atoms with E-state index in [-0.39, 0.29) is 35.7 Å². The van der Waals surface area contributed by atoms with Gasteiger partial charge in [0.1, 0.15) is 17.4 Å². The minimum atomic E-state index is -4.84. The Bertz CT molecular complexity index is 1630. The molecule has 0 spiro atoms. The first kappa shape index (κ1) is 26.2. The third-order valence-electron chi connectivity index (χ3n) is 6.69. The summed E-state index contributed by atoms with van der Waals surface area (Å²) >= 11 is 0. The van der Waals surface area contributed by atoms with Crippen LogP contribution < -0.4 is 9.62 Å². The molecular formula is C31H37F3N4O3S. The van der Waals surface area contributed by atoms with Crippen LogP contribution in [0.4, 0.5) is 24.8 Å². The second-order valence-corrected chi connectivity index (χ2v) is 11.7. The van der Waals surface area contributed by atoms with Gasteiger partial charge in [0, 0.05) is 30.5 Å². The third-order valence-corrected chi connectivity index (χ3v) is 7.95. The van der Waals surface area contributed by atoms with Crippen LogP contribution in [0.15, 0.2) is 59.6 Å². The van der Waals surface area contributed by atoms with Gasteiger partial charge in [0.05, 0.1) is 11.3 Å². The van der Waals surface area contributed by atoms with Gasteiger partial charge in [0.15, 0.2) is 5.03 Å².